The number of alkyl halides is 1. The smallest absolute Gasteiger partial charge is 0.418 e. The van der Waals surface area contributed by atoms with Gasteiger partial charge in [-0.15, -0.1) is 0 Å². The third-order valence-electron chi connectivity index (χ3n) is 3.02. The SMILES string of the molecule is [C-]#[N+]C1OC(=O)OC1C1CCC(F)CC1. The molecule has 0 radical (unpaired) electrons. The molecule has 0 bridgehead atoms. The fourth-order valence-corrected chi connectivity index (χ4v) is 2.20. The molecule has 2 atom stereocenters. The predicted octanol–water partition coefficient (Wildman–Crippen LogP) is 2.30. The first-order chi connectivity index (χ1) is 7.20. The Morgan fingerprint density at radius 2 is 1.93 bits per heavy atom. The molecule has 1 aliphatic carbocycles. The Balaban J connectivity index is 1.98. The van der Waals surface area contributed by atoms with E-state index in [4.69, 9.17) is 16.0 Å². The molecule has 0 aromatic carbocycles. The van der Waals surface area contributed by atoms with Gasteiger partial charge in [0.05, 0.1) is 0 Å². The molecular formula is C10H12FNO3. The van der Waals surface area contributed by atoms with Gasteiger partial charge in [-0.05, 0) is 25.7 Å². The van der Waals surface area contributed by atoms with Crippen molar-refractivity contribution in [3.05, 3.63) is 11.4 Å². The van der Waals surface area contributed by atoms with E-state index in [0.29, 0.717) is 25.7 Å². The molecule has 4 nitrogen and oxygen atoms in total. The van der Waals surface area contributed by atoms with E-state index in [1.54, 1.807) is 0 Å². The first-order valence-electron chi connectivity index (χ1n) is 5.08. The number of rotatable bonds is 1. The van der Waals surface area contributed by atoms with Gasteiger partial charge in [0.25, 0.3) is 0 Å². The topological polar surface area (TPSA) is 39.9 Å². The second-order valence-corrected chi connectivity index (χ2v) is 3.98. The summed E-state index contributed by atoms with van der Waals surface area (Å²) in [4.78, 5) is 14.1. The van der Waals surface area contributed by atoms with Crippen LogP contribution in [0.25, 0.3) is 4.85 Å². The zero-order chi connectivity index (χ0) is 10.8. The summed E-state index contributed by atoms with van der Waals surface area (Å²) >= 11 is 0. The quantitative estimate of drug-likeness (QED) is 0.495. The van der Waals surface area contributed by atoms with Crippen molar-refractivity contribution < 1.29 is 18.7 Å². The van der Waals surface area contributed by atoms with Gasteiger partial charge in [0.2, 0.25) is 6.10 Å². The minimum atomic E-state index is -0.835. The maximum Gasteiger partial charge on any atom is 0.514 e. The lowest BCUT2D eigenvalue weighted by molar-refractivity contribution is 0.0654. The number of carbonyl (C=O) groups is 1. The minimum absolute atomic E-state index is 0.0718. The van der Waals surface area contributed by atoms with Gasteiger partial charge in [0.1, 0.15) is 6.17 Å². The standard InChI is InChI=1S/C10H12FNO3/c1-12-9-8(14-10(13)15-9)6-2-4-7(11)5-3-6/h6-9H,2-5H2. The minimum Gasteiger partial charge on any atom is -0.418 e. The molecule has 2 rings (SSSR count). The van der Waals surface area contributed by atoms with Crippen molar-refractivity contribution in [1.29, 1.82) is 0 Å². The van der Waals surface area contributed by atoms with Crippen LogP contribution in [-0.4, -0.2) is 24.7 Å². The summed E-state index contributed by atoms with van der Waals surface area (Å²) in [7, 11) is 0. The predicted molar refractivity (Wildman–Crippen MR) is 48.6 cm³/mol. The van der Waals surface area contributed by atoms with Crippen molar-refractivity contribution in [1.82, 2.24) is 0 Å². The van der Waals surface area contributed by atoms with Gasteiger partial charge in [-0.2, -0.15) is 0 Å². The number of ether oxygens (including phenoxy) is 2. The van der Waals surface area contributed by atoms with Crippen molar-refractivity contribution in [2.45, 2.75) is 44.2 Å². The molecule has 0 aromatic heterocycles. The Kier molecular flexibility index (Phi) is 2.76. The van der Waals surface area contributed by atoms with Crippen LogP contribution in [0.1, 0.15) is 25.7 Å². The number of nitrogens with zero attached hydrogens (tertiary/aromatic N) is 1. The Hall–Kier alpha value is -1.31. The summed E-state index contributed by atoms with van der Waals surface area (Å²) in [5.74, 6) is 0.0718. The van der Waals surface area contributed by atoms with E-state index >= 15 is 0 Å². The second-order valence-electron chi connectivity index (χ2n) is 3.98. The van der Waals surface area contributed by atoms with E-state index in [-0.39, 0.29) is 5.92 Å². The Morgan fingerprint density at radius 1 is 1.27 bits per heavy atom. The van der Waals surface area contributed by atoms with Crippen LogP contribution >= 0.6 is 0 Å². The zero-order valence-corrected chi connectivity index (χ0v) is 8.19. The van der Waals surface area contributed by atoms with Crippen LogP contribution in [0.4, 0.5) is 9.18 Å². The molecule has 0 aromatic rings. The van der Waals surface area contributed by atoms with Gasteiger partial charge in [0, 0.05) is 5.92 Å². The molecule has 0 N–H and O–H groups in total. The van der Waals surface area contributed by atoms with Gasteiger partial charge in [0.15, 0.2) is 0 Å². The molecule has 1 saturated carbocycles. The monoisotopic (exact) mass is 213 g/mol. The van der Waals surface area contributed by atoms with Gasteiger partial charge in [-0.3, -0.25) is 4.85 Å². The maximum absolute atomic E-state index is 12.9. The number of cyclic esters (lactones) is 2. The van der Waals surface area contributed by atoms with Crippen molar-refractivity contribution in [2.75, 3.05) is 0 Å². The van der Waals surface area contributed by atoms with Gasteiger partial charge >= 0.3 is 12.4 Å². The third kappa shape index (κ3) is 2.04. The second kappa shape index (κ2) is 4.05. The van der Waals surface area contributed by atoms with Crippen molar-refractivity contribution in [3.8, 4) is 0 Å². The highest BCUT2D eigenvalue weighted by atomic mass is 19.1. The highest BCUT2D eigenvalue weighted by Crippen LogP contribution is 2.34. The first kappa shape index (κ1) is 10.2. The lowest BCUT2D eigenvalue weighted by Crippen LogP contribution is -2.32. The number of hydrogen-bond donors (Lipinski definition) is 0. The highest BCUT2D eigenvalue weighted by molar-refractivity contribution is 5.62. The average Bonchev–Trinajstić information content (AvgIpc) is 2.61. The van der Waals surface area contributed by atoms with Crippen molar-refractivity contribution in [3.63, 3.8) is 0 Å². The van der Waals surface area contributed by atoms with Crippen LogP contribution in [-0.2, 0) is 9.47 Å². The van der Waals surface area contributed by atoms with Gasteiger partial charge in [-0.1, -0.05) is 0 Å². The molecular weight excluding hydrogens is 201 g/mol. The average molecular weight is 213 g/mol. The van der Waals surface area contributed by atoms with Gasteiger partial charge in [-0.25, -0.2) is 15.8 Å². The summed E-state index contributed by atoms with van der Waals surface area (Å²) in [5.41, 5.74) is 0. The fraction of sp³-hybridized carbons (Fsp3) is 0.800. The highest BCUT2D eigenvalue weighted by Gasteiger charge is 2.47. The third-order valence-corrected chi connectivity index (χ3v) is 3.02. The molecule has 2 unspecified atom stereocenters. The van der Waals surface area contributed by atoms with E-state index in [9.17, 15) is 9.18 Å². The largest absolute Gasteiger partial charge is 0.514 e. The molecule has 2 fully saturated rings. The lowest BCUT2D eigenvalue weighted by atomic mass is 9.84. The number of halogens is 1. The summed E-state index contributed by atoms with van der Waals surface area (Å²) < 4.78 is 22.5. The van der Waals surface area contributed by atoms with E-state index in [2.05, 4.69) is 4.85 Å². The van der Waals surface area contributed by atoms with E-state index < -0.39 is 24.7 Å². The van der Waals surface area contributed by atoms with Gasteiger partial charge < -0.3 is 9.47 Å². The van der Waals surface area contributed by atoms with Crippen molar-refractivity contribution >= 4 is 6.16 Å². The summed E-state index contributed by atoms with van der Waals surface area (Å²) in [6.45, 7) is 6.87. The van der Waals surface area contributed by atoms with E-state index in [1.165, 1.54) is 0 Å². The molecule has 82 valence electrons. The number of carbonyl (C=O) groups excluding carboxylic acids is 1. The fourth-order valence-electron chi connectivity index (χ4n) is 2.20. The molecule has 1 heterocycles. The molecule has 5 heteroatoms. The van der Waals surface area contributed by atoms with Crippen molar-refractivity contribution in [2.24, 2.45) is 5.92 Å². The van der Waals surface area contributed by atoms with Crippen LogP contribution < -0.4 is 0 Å². The van der Waals surface area contributed by atoms with E-state index in [1.807, 2.05) is 0 Å². The maximum atomic E-state index is 12.9. The normalized spacial score (nSPS) is 40.4. The van der Waals surface area contributed by atoms with E-state index in [0.717, 1.165) is 0 Å². The molecule has 0 amide bonds. The van der Waals surface area contributed by atoms with Crippen LogP contribution in [0.15, 0.2) is 0 Å². The van der Waals surface area contributed by atoms with Crippen LogP contribution in [0, 0.1) is 12.5 Å². The molecule has 0 spiro atoms. The van der Waals surface area contributed by atoms with Crippen LogP contribution in [0.5, 0.6) is 0 Å². The Labute approximate surface area is 87.2 Å². The Bertz CT molecular complexity index is 294. The lowest BCUT2D eigenvalue weighted by Gasteiger charge is -2.26. The molecule has 1 aliphatic heterocycles. The molecule has 15 heavy (non-hydrogen) atoms. The number of hydrogen-bond acceptors (Lipinski definition) is 3. The summed E-state index contributed by atoms with van der Waals surface area (Å²) in [6, 6.07) is 0. The molecule has 2 aliphatic rings. The van der Waals surface area contributed by atoms with Crippen LogP contribution in [0.2, 0.25) is 0 Å². The van der Waals surface area contributed by atoms with Crippen LogP contribution in [0.3, 0.4) is 0 Å². The molecule has 1 saturated heterocycles. The first-order valence-corrected chi connectivity index (χ1v) is 5.08. The Morgan fingerprint density at radius 3 is 2.53 bits per heavy atom. The zero-order valence-electron chi connectivity index (χ0n) is 8.19. The summed E-state index contributed by atoms with van der Waals surface area (Å²) in [6.07, 6.45) is -0.550. The summed E-state index contributed by atoms with van der Waals surface area (Å²) in [5, 5.41) is 0.